The van der Waals surface area contributed by atoms with Crippen molar-refractivity contribution in [3.05, 3.63) is 0 Å². The molecule has 0 aliphatic carbocycles. The highest BCUT2D eigenvalue weighted by Gasteiger charge is 2.46. The predicted molar refractivity (Wildman–Crippen MR) is 53.6 cm³/mol. The third-order valence-electron chi connectivity index (χ3n) is 2.59. The van der Waals surface area contributed by atoms with E-state index in [0.717, 1.165) is 11.5 Å². The van der Waals surface area contributed by atoms with Gasteiger partial charge in [-0.25, -0.2) is 0 Å². The lowest BCUT2D eigenvalue weighted by Gasteiger charge is -2.31. The SMILES string of the molecule is CC(C)(CCNC1CSC1)C(F)(F)F. The van der Waals surface area contributed by atoms with Crippen molar-refractivity contribution in [3.63, 3.8) is 0 Å². The Morgan fingerprint density at radius 2 is 1.86 bits per heavy atom. The second-order valence-electron chi connectivity index (χ2n) is 4.32. The molecule has 1 heterocycles. The van der Waals surface area contributed by atoms with Gasteiger partial charge in [-0.1, -0.05) is 13.8 Å². The Hall–Kier alpha value is 0.100. The van der Waals surface area contributed by atoms with Gasteiger partial charge < -0.3 is 5.32 Å². The Labute approximate surface area is 86.8 Å². The molecular formula is C9H16F3NS. The van der Waals surface area contributed by atoms with Gasteiger partial charge in [0.25, 0.3) is 0 Å². The lowest BCUT2D eigenvalue weighted by Crippen LogP contribution is -2.43. The van der Waals surface area contributed by atoms with Crippen LogP contribution in [0.15, 0.2) is 0 Å². The summed E-state index contributed by atoms with van der Waals surface area (Å²) < 4.78 is 37.3. The smallest absolute Gasteiger partial charge is 0.312 e. The van der Waals surface area contributed by atoms with Gasteiger partial charge in [0.1, 0.15) is 0 Å². The average molecular weight is 227 g/mol. The van der Waals surface area contributed by atoms with Crippen molar-refractivity contribution in [2.24, 2.45) is 5.41 Å². The van der Waals surface area contributed by atoms with Gasteiger partial charge in [-0.15, -0.1) is 0 Å². The molecule has 0 aromatic carbocycles. The highest BCUT2D eigenvalue weighted by atomic mass is 32.2. The molecular weight excluding hydrogens is 211 g/mol. The fourth-order valence-electron chi connectivity index (χ4n) is 1.08. The number of halogens is 3. The van der Waals surface area contributed by atoms with Gasteiger partial charge in [-0.05, 0) is 13.0 Å². The molecule has 1 aliphatic rings. The van der Waals surface area contributed by atoms with E-state index >= 15 is 0 Å². The molecule has 0 amide bonds. The number of nitrogens with one attached hydrogen (secondary N) is 1. The normalized spacial score (nSPS) is 19.5. The topological polar surface area (TPSA) is 12.0 Å². The van der Waals surface area contributed by atoms with Crippen molar-refractivity contribution >= 4 is 11.8 Å². The van der Waals surface area contributed by atoms with E-state index in [9.17, 15) is 13.2 Å². The van der Waals surface area contributed by atoms with Crippen LogP contribution in [0.2, 0.25) is 0 Å². The van der Waals surface area contributed by atoms with Gasteiger partial charge in [0.15, 0.2) is 0 Å². The van der Waals surface area contributed by atoms with Gasteiger partial charge in [0.05, 0.1) is 5.41 Å². The molecule has 1 N–H and O–H groups in total. The molecule has 84 valence electrons. The second kappa shape index (κ2) is 4.31. The van der Waals surface area contributed by atoms with Crippen LogP contribution >= 0.6 is 11.8 Å². The quantitative estimate of drug-likeness (QED) is 0.792. The minimum Gasteiger partial charge on any atom is -0.312 e. The van der Waals surface area contributed by atoms with Crippen LogP contribution in [0.5, 0.6) is 0 Å². The van der Waals surface area contributed by atoms with Gasteiger partial charge in [-0.3, -0.25) is 0 Å². The average Bonchev–Trinajstić information content (AvgIpc) is 1.92. The molecule has 0 atom stereocenters. The van der Waals surface area contributed by atoms with Crippen molar-refractivity contribution < 1.29 is 13.2 Å². The Morgan fingerprint density at radius 3 is 2.21 bits per heavy atom. The van der Waals surface area contributed by atoms with E-state index in [0.29, 0.717) is 12.6 Å². The van der Waals surface area contributed by atoms with E-state index in [1.807, 2.05) is 11.8 Å². The molecule has 0 unspecified atom stereocenters. The monoisotopic (exact) mass is 227 g/mol. The molecule has 1 fully saturated rings. The summed E-state index contributed by atoms with van der Waals surface area (Å²) in [6, 6.07) is 0.434. The first kappa shape index (κ1) is 12.2. The van der Waals surface area contributed by atoms with Crippen LogP contribution in [-0.4, -0.2) is 30.3 Å². The molecule has 1 saturated heterocycles. The van der Waals surface area contributed by atoms with Gasteiger partial charge in [-0.2, -0.15) is 24.9 Å². The largest absolute Gasteiger partial charge is 0.394 e. The first-order valence-corrected chi connectivity index (χ1v) is 5.86. The zero-order chi connectivity index (χ0) is 10.8. The maximum atomic E-state index is 12.4. The highest BCUT2D eigenvalue weighted by molar-refractivity contribution is 8.00. The zero-order valence-corrected chi connectivity index (χ0v) is 9.26. The summed E-state index contributed by atoms with van der Waals surface area (Å²) in [6.45, 7) is 2.96. The van der Waals surface area contributed by atoms with Gasteiger partial charge in [0.2, 0.25) is 0 Å². The maximum Gasteiger partial charge on any atom is 0.394 e. The minimum atomic E-state index is -4.09. The van der Waals surface area contributed by atoms with Crippen LogP contribution in [0.1, 0.15) is 20.3 Å². The van der Waals surface area contributed by atoms with Gasteiger partial charge >= 0.3 is 6.18 Å². The first-order valence-electron chi connectivity index (χ1n) is 4.71. The number of hydrogen-bond acceptors (Lipinski definition) is 2. The Morgan fingerprint density at radius 1 is 1.29 bits per heavy atom. The minimum absolute atomic E-state index is 0.150. The Balaban J connectivity index is 2.21. The van der Waals surface area contributed by atoms with Crippen molar-refractivity contribution in [3.8, 4) is 0 Å². The third-order valence-corrected chi connectivity index (χ3v) is 3.86. The lowest BCUT2D eigenvalue weighted by molar-refractivity contribution is -0.213. The summed E-state index contributed by atoms with van der Waals surface area (Å²) in [7, 11) is 0. The van der Waals surface area contributed by atoms with Crippen molar-refractivity contribution in [2.45, 2.75) is 32.5 Å². The predicted octanol–water partition coefficient (Wildman–Crippen LogP) is 2.67. The molecule has 1 rings (SSSR count). The van der Waals surface area contributed by atoms with Crippen LogP contribution < -0.4 is 5.32 Å². The highest BCUT2D eigenvalue weighted by Crippen LogP contribution is 2.39. The Bertz CT molecular complexity index is 187. The molecule has 5 heteroatoms. The number of alkyl halides is 3. The zero-order valence-electron chi connectivity index (χ0n) is 8.45. The summed E-state index contributed by atoms with van der Waals surface area (Å²) in [5, 5.41) is 3.13. The van der Waals surface area contributed by atoms with Crippen LogP contribution in [0.3, 0.4) is 0 Å². The summed E-state index contributed by atoms with van der Waals surface area (Å²) in [6.07, 6.45) is -3.94. The van der Waals surface area contributed by atoms with Crippen molar-refractivity contribution in [1.29, 1.82) is 0 Å². The van der Waals surface area contributed by atoms with E-state index in [4.69, 9.17) is 0 Å². The van der Waals surface area contributed by atoms with Crippen LogP contribution in [0, 0.1) is 5.41 Å². The van der Waals surface area contributed by atoms with Crippen LogP contribution in [0.25, 0.3) is 0 Å². The van der Waals surface area contributed by atoms with E-state index in [1.165, 1.54) is 13.8 Å². The second-order valence-corrected chi connectivity index (χ2v) is 5.40. The van der Waals surface area contributed by atoms with E-state index in [2.05, 4.69) is 5.32 Å². The molecule has 0 radical (unpaired) electrons. The molecule has 1 aliphatic heterocycles. The molecule has 0 spiro atoms. The van der Waals surface area contributed by atoms with E-state index < -0.39 is 11.6 Å². The summed E-state index contributed by atoms with van der Waals surface area (Å²) >= 11 is 1.82. The number of rotatable bonds is 4. The third kappa shape index (κ3) is 3.05. The summed E-state index contributed by atoms with van der Waals surface area (Å²) in [4.78, 5) is 0. The summed E-state index contributed by atoms with van der Waals surface area (Å²) in [5.41, 5.74) is -1.57. The first-order chi connectivity index (χ1) is 6.33. The molecule has 14 heavy (non-hydrogen) atoms. The number of thioether (sulfide) groups is 1. The summed E-state index contributed by atoms with van der Waals surface area (Å²) in [5.74, 6) is 2.07. The maximum absolute atomic E-state index is 12.4. The molecule has 0 aromatic rings. The standard InChI is InChI=1S/C9H16F3NS/c1-8(2,9(10,11)12)3-4-13-7-5-14-6-7/h7,13H,3-6H2,1-2H3. The Kier molecular flexibility index (Phi) is 3.75. The van der Waals surface area contributed by atoms with Gasteiger partial charge in [0, 0.05) is 17.5 Å². The fraction of sp³-hybridized carbons (Fsp3) is 1.00. The van der Waals surface area contributed by atoms with Crippen LogP contribution in [0.4, 0.5) is 13.2 Å². The van der Waals surface area contributed by atoms with E-state index in [-0.39, 0.29) is 6.42 Å². The molecule has 1 nitrogen and oxygen atoms in total. The van der Waals surface area contributed by atoms with E-state index in [1.54, 1.807) is 0 Å². The lowest BCUT2D eigenvalue weighted by atomic mass is 9.88. The van der Waals surface area contributed by atoms with Crippen LogP contribution in [-0.2, 0) is 0 Å². The van der Waals surface area contributed by atoms with Crippen molar-refractivity contribution in [1.82, 2.24) is 5.32 Å². The molecule has 0 aromatic heterocycles. The molecule has 0 bridgehead atoms. The fourth-order valence-corrected chi connectivity index (χ4v) is 1.79. The van der Waals surface area contributed by atoms with Crippen molar-refractivity contribution in [2.75, 3.05) is 18.1 Å². The molecule has 0 saturated carbocycles. The number of hydrogen-bond donors (Lipinski definition) is 1.